The van der Waals surface area contributed by atoms with Crippen LogP contribution in [0.1, 0.15) is 31.9 Å². The monoisotopic (exact) mass is 375 g/mol. The van der Waals surface area contributed by atoms with Gasteiger partial charge in [-0.1, -0.05) is 69.3 Å². The molecule has 0 atom stereocenters. The molecule has 0 aliphatic carbocycles. The van der Waals surface area contributed by atoms with E-state index in [-0.39, 0.29) is 5.41 Å². The molecular weight excluding hydrogens is 346 g/mol. The summed E-state index contributed by atoms with van der Waals surface area (Å²) in [6.45, 7) is 8.50. The van der Waals surface area contributed by atoms with Gasteiger partial charge in [-0.2, -0.15) is 0 Å². The van der Waals surface area contributed by atoms with Crippen LogP contribution in [0.2, 0.25) is 0 Å². The molecule has 0 unspecified atom stereocenters. The van der Waals surface area contributed by atoms with E-state index in [0.717, 1.165) is 23.7 Å². The van der Waals surface area contributed by atoms with Crippen molar-refractivity contribution in [3.63, 3.8) is 0 Å². The lowest BCUT2D eigenvalue weighted by molar-refractivity contribution is 0.217. The number of rotatable bonds is 8. The summed E-state index contributed by atoms with van der Waals surface area (Å²) in [7, 11) is 0. The second-order valence-corrected chi connectivity index (χ2v) is 7.84. The second-order valence-electron chi connectivity index (χ2n) is 7.84. The van der Waals surface area contributed by atoms with Crippen molar-refractivity contribution in [3.05, 3.63) is 90.0 Å². The number of ether oxygens (including phenoxy) is 2. The van der Waals surface area contributed by atoms with Gasteiger partial charge in [0.2, 0.25) is 0 Å². The zero-order valence-electron chi connectivity index (χ0n) is 16.9. The van der Waals surface area contributed by atoms with Crippen LogP contribution in [0.15, 0.2) is 78.9 Å². The molecule has 0 fully saturated rings. The average molecular weight is 376 g/mol. The van der Waals surface area contributed by atoms with Gasteiger partial charge in [-0.15, -0.1) is 0 Å². The van der Waals surface area contributed by atoms with Crippen molar-refractivity contribution in [2.24, 2.45) is 0 Å². The fraction of sp³-hybridized carbons (Fsp3) is 0.280. The summed E-state index contributed by atoms with van der Waals surface area (Å²) in [6, 6.07) is 26.6. The van der Waals surface area contributed by atoms with Crippen LogP contribution in [0.5, 0.6) is 11.5 Å². The Balaban J connectivity index is 1.46. The van der Waals surface area contributed by atoms with Crippen LogP contribution in [-0.4, -0.2) is 13.2 Å². The highest BCUT2D eigenvalue weighted by atomic mass is 16.5. The molecule has 0 aromatic heterocycles. The van der Waals surface area contributed by atoms with Crippen LogP contribution >= 0.6 is 0 Å². The largest absolute Gasteiger partial charge is 0.490 e. The van der Waals surface area contributed by atoms with Gasteiger partial charge in [0, 0.05) is 18.3 Å². The Kier molecular flexibility index (Phi) is 6.59. The molecule has 3 heteroatoms. The molecule has 3 aromatic rings. The molecule has 1 N–H and O–H groups in total. The van der Waals surface area contributed by atoms with Crippen molar-refractivity contribution in [1.82, 2.24) is 0 Å². The molecule has 0 heterocycles. The third kappa shape index (κ3) is 6.05. The molecule has 0 saturated carbocycles. The highest BCUT2D eigenvalue weighted by molar-refractivity contribution is 5.48. The van der Waals surface area contributed by atoms with Gasteiger partial charge in [-0.3, -0.25) is 0 Å². The molecule has 0 saturated heterocycles. The van der Waals surface area contributed by atoms with Gasteiger partial charge in [-0.25, -0.2) is 0 Å². The molecule has 3 nitrogen and oxygen atoms in total. The molecule has 0 spiro atoms. The Morgan fingerprint density at radius 2 is 1.36 bits per heavy atom. The molecule has 0 aliphatic rings. The van der Waals surface area contributed by atoms with Crippen molar-refractivity contribution in [2.75, 3.05) is 18.5 Å². The molecule has 0 aliphatic heterocycles. The van der Waals surface area contributed by atoms with Crippen molar-refractivity contribution in [2.45, 2.75) is 32.7 Å². The molecular formula is C25H29NO2. The van der Waals surface area contributed by atoms with Gasteiger partial charge in [0.05, 0.1) is 0 Å². The molecule has 0 amide bonds. The zero-order chi connectivity index (χ0) is 19.8. The quantitative estimate of drug-likeness (QED) is 0.486. The van der Waals surface area contributed by atoms with Gasteiger partial charge in [0.25, 0.3) is 0 Å². The minimum absolute atomic E-state index is 0.182. The number of hydrogen-bond acceptors (Lipinski definition) is 3. The number of anilines is 1. The predicted molar refractivity (Wildman–Crippen MR) is 116 cm³/mol. The maximum absolute atomic E-state index is 5.81. The molecule has 3 rings (SSSR count). The highest BCUT2D eigenvalue weighted by Gasteiger charge is 2.12. The topological polar surface area (TPSA) is 30.5 Å². The lowest BCUT2D eigenvalue weighted by atomic mass is 9.87. The van der Waals surface area contributed by atoms with Crippen LogP contribution in [0.4, 0.5) is 5.69 Å². The number of para-hydroxylation sites is 1. The summed E-state index contributed by atoms with van der Waals surface area (Å²) < 4.78 is 11.5. The van der Waals surface area contributed by atoms with Crippen molar-refractivity contribution < 1.29 is 9.47 Å². The minimum atomic E-state index is 0.182. The first-order valence-corrected chi connectivity index (χ1v) is 9.75. The van der Waals surface area contributed by atoms with E-state index in [1.54, 1.807) is 0 Å². The molecule has 0 radical (unpaired) electrons. The van der Waals surface area contributed by atoms with E-state index in [0.29, 0.717) is 13.2 Å². The first-order valence-electron chi connectivity index (χ1n) is 9.75. The van der Waals surface area contributed by atoms with Crippen molar-refractivity contribution in [3.8, 4) is 11.5 Å². The van der Waals surface area contributed by atoms with Crippen molar-refractivity contribution >= 4 is 5.69 Å². The normalized spacial score (nSPS) is 11.1. The van der Waals surface area contributed by atoms with E-state index in [2.05, 4.69) is 56.4 Å². The molecule has 3 aromatic carbocycles. The zero-order valence-corrected chi connectivity index (χ0v) is 16.9. The summed E-state index contributed by atoms with van der Waals surface area (Å²) in [4.78, 5) is 0. The van der Waals surface area contributed by atoms with Crippen molar-refractivity contribution in [1.29, 1.82) is 0 Å². The third-order valence-electron chi connectivity index (χ3n) is 4.51. The molecule has 28 heavy (non-hydrogen) atoms. The Labute approximate surface area is 168 Å². The fourth-order valence-electron chi connectivity index (χ4n) is 2.86. The second kappa shape index (κ2) is 9.32. The Bertz CT molecular complexity index is 852. The Hall–Kier alpha value is -2.94. The third-order valence-corrected chi connectivity index (χ3v) is 4.51. The maximum atomic E-state index is 5.81. The van der Waals surface area contributed by atoms with Gasteiger partial charge < -0.3 is 14.8 Å². The molecule has 146 valence electrons. The highest BCUT2D eigenvalue weighted by Crippen LogP contribution is 2.23. The Morgan fingerprint density at radius 1 is 0.714 bits per heavy atom. The van der Waals surface area contributed by atoms with Crippen LogP contribution in [0.25, 0.3) is 0 Å². The summed E-state index contributed by atoms with van der Waals surface area (Å²) in [5.41, 5.74) is 3.84. The van der Waals surface area contributed by atoms with E-state index in [4.69, 9.17) is 9.47 Å². The number of hydrogen-bond donors (Lipinski definition) is 1. The van der Waals surface area contributed by atoms with E-state index < -0.39 is 0 Å². The fourth-order valence-corrected chi connectivity index (χ4v) is 2.86. The maximum Gasteiger partial charge on any atom is 0.122 e. The SMILES string of the molecule is CC(C)(C)c1ccc(CNc2cccc(OCCOc3ccccc3)c2)cc1. The first-order chi connectivity index (χ1) is 13.5. The summed E-state index contributed by atoms with van der Waals surface area (Å²) >= 11 is 0. The summed E-state index contributed by atoms with van der Waals surface area (Å²) in [5.74, 6) is 1.70. The van der Waals surface area contributed by atoms with Crippen LogP contribution in [0.3, 0.4) is 0 Å². The number of benzene rings is 3. The molecule has 0 bridgehead atoms. The van der Waals surface area contributed by atoms with Crippen LogP contribution in [0, 0.1) is 0 Å². The van der Waals surface area contributed by atoms with E-state index in [1.165, 1.54) is 11.1 Å². The average Bonchev–Trinajstić information content (AvgIpc) is 2.70. The lowest BCUT2D eigenvalue weighted by Gasteiger charge is -2.19. The smallest absolute Gasteiger partial charge is 0.122 e. The summed E-state index contributed by atoms with van der Waals surface area (Å²) in [6.07, 6.45) is 0. The summed E-state index contributed by atoms with van der Waals surface area (Å²) in [5, 5.41) is 3.46. The predicted octanol–water partition coefficient (Wildman–Crippen LogP) is 6.05. The minimum Gasteiger partial charge on any atom is -0.490 e. The van der Waals surface area contributed by atoms with Crippen LogP contribution in [-0.2, 0) is 12.0 Å². The van der Waals surface area contributed by atoms with E-state index >= 15 is 0 Å². The Morgan fingerprint density at radius 3 is 2.04 bits per heavy atom. The van der Waals surface area contributed by atoms with Gasteiger partial charge in [-0.05, 0) is 40.8 Å². The van der Waals surface area contributed by atoms with E-state index in [9.17, 15) is 0 Å². The lowest BCUT2D eigenvalue weighted by Crippen LogP contribution is -2.11. The van der Waals surface area contributed by atoms with Crippen LogP contribution < -0.4 is 14.8 Å². The standard InChI is InChI=1S/C25H29NO2/c1-25(2,3)21-14-12-20(13-15-21)19-26-22-8-7-11-24(18-22)28-17-16-27-23-9-5-4-6-10-23/h4-15,18,26H,16-17,19H2,1-3H3. The van der Waals surface area contributed by atoms with Gasteiger partial charge >= 0.3 is 0 Å². The van der Waals surface area contributed by atoms with Gasteiger partial charge in [0.15, 0.2) is 0 Å². The van der Waals surface area contributed by atoms with Gasteiger partial charge in [0.1, 0.15) is 24.7 Å². The first kappa shape index (κ1) is 19.8. The number of nitrogens with one attached hydrogen (secondary N) is 1. The van der Waals surface area contributed by atoms with E-state index in [1.807, 2.05) is 48.5 Å².